The SMILES string of the molecule is CCN1CCCC1CNC(=NCc1nnc(C)n1C)NCC(c1ccco1)N1CCCC1. The zero-order valence-corrected chi connectivity index (χ0v) is 19.8. The van der Waals surface area contributed by atoms with Crippen molar-refractivity contribution in [3.8, 4) is 0 Å². The fourth-order valence-corrected chi connectivity index (χ4v) is 4.81. The molecule has 176 valence electrons. The van der Waals surface area contributed by atoms with Crippen LogP contribution in [0.2, 0.25) is 0 Å². The molecule has 4 rings (SSSR count). The summed E-state index contributed by atoms with van der Waals surface area (Å²) in [5.74, 6) is 3.59. The van der Waals surface area contributed by atoms with E-state index in [4.69, 9.17) is 9.41 Å². The molecule has 0 bridgehead atoms. The Morgan fingerprint density at radius 3 is 2.75 bits per heavy atom. The lowest BCUT2D eigenvalue weighted by Gasteiger charge is -2.28. The lowest BCUT2D eigenvalue weighted by atomic mass is 10.2. The first-order valence-corrected chi connectivity index (χ1v) is 12.0. The minimum absolute atomic E-state index is 0.204. The number of guanidine groups is 1. The van der Waals surface area contributed by atoms with Crippen molar-refractivity contribution in [2.45, 2.75) is 58.2 Å². The van der Waals surface area contributed by atoms with Crippen molar-refractivity contribution in [2.75, 3.05) is 39.3 Å². The number of aromatic nitrogens is 3. The maximum atomic E-state index is 5.79. The number of aryl methyl sites for hydroxylation is 1. The number of furan rings is 1. The third kappa shape index (κ3) is 5.50. The Hall–Kier alpha value is -2.39. The molecule has 2 aliphatic heterocycles. The van der Waals surface area contributed by atoms with Crippen LogP contribution in [0.1, 0.15) is 56.1 Å². The van der Waals surface area contributed by atoms with Gasteiger partial charge >= 0.3 is 0 Å². The number of hydrogen-bond donors (Lipinski definition) is 2. The highest BCUT2D eigenvalue weighted by Crippen LogP contribution is 2.25. The smallest absolute Gasteiger partial charge is 0.191 e. The molecule has 0 aromatic carbocycles. The molecule has 2 aliphatic rings. The average molecular weight is 443 g/mol. The summed E-state index contributed by atoms with van der Waals surface area (Å²) < 4.78 is 7.78. The first-order chi connectivity index (χ1) is 15.7. The summed E-state index contributed by atoms with van der Waals surface area (Å²) in [7, 11) is 1.98. The van der Waals surface area contributed by atoms with E-state index in [1.807, 2.05) is 24.6 Å². The predicted molar refractivity (Wildman–Crippen MR) is 125 cm³/mol. The molecule has 2 aromatic rings. The van der Waals surface area contributed by atoms with Gasteiger partial charge in [-0.15, -0.1) is 10.2 Å². The molecule has 2 N–H and O–H groups in total. The van der Waals surface area contributed by atoms with Crippen LogP contribution in [0.3, 0.4) is 0 Å². The Morgan fingerprint density at radius 2 is 2.06 bits per heavy atom. The number of likely N-dealkylation sites (N-methyl/N-ethyl adjacent to an activating group) is 1. The fraction of sp³-hybridized carbons (Fsp3) is 0.696. The molecular formula is C23H38N8O. The van der Waals surface area contributed by atoms with Gasteiger partial charge in [0.25, 0.3) is 0 Å². The maximum absolute atomic E-state index is 5.79. The van der Waals surface area contributed by atoms with E-state index in [0.717, 1.165) is 56.1 Å². The first kappa shape index (κ1) is 22.8. The van der Waals surface area contributed by atoms with Crippen LogP contribution < -0.4 is 10.6 Å². The zero-order chi connectivity index (χ0) is 22.3. The van der Waals surface area contributed by atoms with Crippen LogP contribution in [-0.4, -0.2) is 75.8 Å². The average Bonchev–Trinajstić information content (AvgIpc) is 3.60. The molecule has 2 fully saturated rings. The van der Waals surface area contributed by atoms with Gasteiger partial charge in [0.1, 0.15) is 18.1 Å². The van der Waals surface area contributed by atoms with Crippen molar-refractivity contribution < 1.29 is 4.42 Å². The van der Waals surface area contributed by atoms with Gasteiger partial charge in [-0.1, -0.05) is 6.92 Å². The number of aliphatic imine (C=N–C) groups is 1. The molecule has 2 aromatic heterocycles. The molecule has 0 aliphatic carbocycles. The second kappa shape index (κ2) is 11.0. The van der Waals surface area contributed by atoms with E-state index >= 15 is 0 Å². The van der Waals surface area contributed by atoms with E-state index in [1.54, 1.807) is 6.26 Å². The molecule has 9 heteroatoms. The normalized spacial score (nSPS) is 21.3. The summed E-state index contributed by atoms with van der Waals surface area (Å²) in [5, 5.41) is 15.6. The minimum Gasteiger partial charge on any atom is -0.468 e. The van der Waals surface area contributed by atoms with Gasteiger partial charge in [-0.3, -0.25) is 9.80 Å². The summed E-state index contributed by atoms with van der Waals surface area (Å²) in [6, 6.07) is 4.81. The number of likely N-dealkylation sites (tertiary alicyclic amines) is 2. The van der Waals surface area contributed by atoms with Gasteiger partial charge in [0, 0.05) is 26.2 Å². The summed E-state index contributed by atoms with van der Waals surface area (Å²) in [6.45, 7) is 10.8. The van der Waals surface area contributed by atoms with E-state index in [1.165, 1.54) is 32.2 Å². The maximum Gasteiger partial charge on any atom is 0.191 e. The number of nitrogens with zero attached hydrogens (tertiary/aromatic N) is 6. The summed E-state index contributed by atoms with van der Waals surface area (Å²) in [6.07, 6.45) is 6.77. The molecule has 2 atom stereocenters. The van der Waals surface area contributed by atoms with Crippen molar-refractivity contribution in [3.63, 3.8) is 0 Å². The molecule has 0 radical (unpaired) electrons. The standard InChI is InChI=1S/C23H38N8O/c1-4-30-13-7-9-19(30)15-24-23(26-17-22-28-27-18(2)29(22)3)25-16-20(21-10-8-14-32-21)31-11-5-6-12-31/h8,10,14,19-20H,4-7,9,11-13,15-17H2,1-3H3,(H2,24,25,26). The molecule has 0 saturated carbocycles. The van der Waals surface area contributed by atoms with Crippen molar-refractivity contribution >= 4 is 5.96 Å². The molecule has 2 saturated heterocycles. The van der Waals surface area contributed by atoms with E-state index < -0.39 is 0 Å². The number of rotatable bonds is 9. The quantitative estimate of drug-likeness (QED) is 0.454. The molecule has 0 amide bonds. The Morgan fingerprint density at radius 1 is 1.22 bits per heavy atom. The van der Waals surface area contributed by atoms with Crippen LogP contribution in [0.25, 0.3) is 0 Å². The van der Waals surface area contributed by atoms with E-state index in [9.17, 15) is 0 Å². The van der Waals surface area contributed by atoms with Gasteiger partial charge in [-0.05, 0) is 70.9 Å². The highest BCUT2D eigenvalue weighted by Gasteiger charge is 2.26. The number of nitrogens with one attached hydrogen (secondary N) is 2. The fourth-order valence-electron chi connectivity index (χ4n) is 4.81. The van der Waals surface area contributed by atoms with Gasteiger partial charge in [0.15, 0.2) is 11.8 Å². The molecular weight excluding hydrogens is 404 g/mol. The highest BCUT2D eigenvalue weighted by molar-refractivity contribution is 5.79. The van der Waals surface area contributed by atoms with Crippen molar-refractivity contribution in [2.24, 2.45) is 12.0 Å². The van der Waals surface area contributed by atoms with Crippen LogP contribution in [-0.2, 0) is 13.6 Å². The predicted octanol–water partition coefficient (Wildman–Crippen LogP) is 2.07. The second-order valence-corrected chi connectivity index (χ2v) is 8.85. The number of hydrogen-bond acceptors (Lipinski definition) is 6. The topological polar surface area (TPSA) is 86.7 Å². The van der Waals surface area contributed by atoms with Crippen LogP contribution >= 0.6 is 0 Å². The van der Waals surface area contributed by atoms with Gasteiger partial charge in [-0.25, -0.2) is 4.99 Å². The Labute approximate surface area is 191 Å². The lowest BCUT2D eigenvalue weighted by molar-refractivity contribution is 0.215. The van der Waals surface area contributed by atoms with Gasteiger partial charge in [0.05, 0.1) is 12.3 Å². The summed E-state index contributed by atoms with van der Waals surface area (Å²) >= 11 is 0. The molecule has 32 heavy (non-hydrogen) atoms. The van der Waals surface area contributed by atoms with Gasteiger partial charge < -0.3 is 19.6 Å². The first-order valence-electron chi connectivity index (χ1n) is 12.0. The Balaban J connectivity index is 1.44. The van der Waals surface area contributed by atoms with Crippen LogP contribution in [0.15, 0.2) is 27.8 Å². The van der Waals surface area contributed by atoms with Crippen LogP contribution in [0.5, 0.6) is 0 Å². The van der Waals surface area contributed by atoms with Crippen molar-refractivity contribution in [1.29, 1.82) is 0 Å². The van der Waals surface area contributed by atoms with E-state index in [2.05, 4.69) is 43.6 Å². The van der Waals surface area contributed by atoms with Gasteiger partial charge in [-0.2, -0.15) is 0 Å². The molecule has 0 spiro atoms. The van der Waals surface area contributed by atoms with E-state index in [-0.39, 0.29) is 6.04 Å². The van der Waals surface area contributed by atoms with Crippen LogP contribution in [0.4, 0.5) is 0 Å². The summed E-state index contributed by atoms with van der Waals surface area (Å²) in [4.78, 5) is 9.92. The summed E-state index contributed by atoms with van der Waals surface area (Å²) in [5.41, 5.74) is 0. The Kier molecular flexibility index (Phi) is 7.81. The third-order valence-electron chi connectivity index (χ3n) is 6.89. The highest BCUT2D eigenvalue weighted by atomic mass is 16.3. The second-order valence-electron chi connectivity index (χ2n) is 8.85. The van der Waals surface area contributed by atoms with Gasteiger partial charge in [0.2, 0.25) is 0 Å². The molecule has 9 nitrogen and oxygen atoms in total. The Bertz CT molecular complexity index is 855. The van der Waals surface area contributed by atoms with Crippen LogP contribution in [0, 0.1) is 6.92 Å². The van der Waals surface area contributed by atoms with E-state index in [0.29, 0.717) is 12.6 Å². The van der Waals surface area contributed by atoms with Crippen molar-refractivity contribution in [1.82, 2.24) is 35.2 Å². The van der Waals surface area contributed by atoms with Crippen molar-refractivity contribution in [3.05, 3.63) is 35.8 Å². The lowest BCUT2D eigenvalue weighted by Crippen LogP contribution is -2.47. The third-order valence-corrected chi connectivity index (χ3v) is 6.89. The zero-order valence-electron chi connectivity index (χ0n) is 19.8. The molecule has 2 unspecified atom stereocenters. The molecule has 4 heterocycles. The largest absolute Gasteiger partial charge is 0.468 e. The minimum atomic E-state index is 0.204. The monoisotopic (exact) mass is 442 g/mol.